The maximum Gasteiger partial charge on any atom is 0.408 e. The predicted octanol–water partition coefficient (Wildman–Crippen LogP) is 5.16. The van der Waals surface area contributed by atoms with Crippen molar-refractivity contribution in [2.24, 2.45) is 0 Å². The first-order chi connectivity index (χ1) is 22.5. The Morgan fingerprint density at radius 1 is 0.574 bits per heavy atom. The maximum atomic E-state index is 13.5. The molecule has 250 valence electrons. The van der Waals surface area contributed by atoms with Gasteiger partial charge in [-0.25, -0.2) is 9.59 Å². The van der Waals surface area contributed by atoms with Crippen LogP contribution in [0.15, 0.2) is 91.0 Å². The highest BCUT2D eigenvalue weighted by atomic mass is 16.6. The van der Waals surface area contributed by atoms with Gasteiger partial charge in [0.1, 0.15) is 37.5 Å². The minimum Gasteiger partial charge on any atom is -0.461 e. The molecule has 47 heavy (non-hydrogen) atoms. The van der Waals surface area contributed by atoms with E-state index in [9.17, 15) is 24.0 Å². The Balaban J connectivity index is 1.67. The molecule has 11 nitrogen and oxygen atoms in total. The van der Waals surface area contributed by atoms with Crippen molar-refractivity contribution in [2.75, 3.05) is 0 Å². The van der Waals surface area contributed by atoms with Crippen LogP contribution in [0.4, 0.5) is 4.79 Å². The lowest BCUT2D eigenvalue weighted by molar-refractivity contribution is -0.151. The second kappa shape index (κ2) is 18.7. The third-order valence-electron chi connectivity index (χ3n) is 6.59. The van der Waals surface area contributed by atoms with Crippen molar-refractivity contribution in [2.45, 2.75) is 84.0 Å². The molecule has 2 amide bonds. The minimum atomic E-state index is -1.27. The second-order valence-corrected chi connectivity index (χ2v) is 11.7. The van der Waals surface area contributed by atoms with Crippen molar-refractivity contribution < 1.29 is 42.9 Å². The molecule has 0 spiro atoms. The Hall–Kier alpha value is -5.19. The molecular formula is C36H42N2O9. The number of esters is 3. The Bertz CT molecular complexity index is 1440. The van der Waals surface area contributed by atoms with Crippen molar-refractivity contribution in [3.05, 3.63) is 108 Å². The van der Waals surface area contributed by atoms with Gasteiger partial charge in [0.2, 0.25) is 5.91 Å². The quantitative estimate of drug-likeness (QED) is 0.159. The van der Waals surface area contributed by atoms with Crippen LogP contribution in [0.25, 0.3) is 0 Å². The molecule has 2 unspecified atom stereocenters. The Kier molecular flexibility index (Phi) is 14.4. The number of nitrogens with one attached hydrogen (secondary N) is 2. The Morgan fingerprint density at radius 3 is 1.40 bits per heavy atom. The fraction of sp³-hybridized carbons (Fsp3) is 0.361. The summed E-state index contributed by atoms with van der Waals surface area (Å²) < 4.78 is 21.4. The van der Waals surface area contributed by atoms with Gasteiger partial charge in [-0.2, -0.15) is 0 Å². The zero-order valence-corrected chi connectivity index (χ0v) is 26.9. The first-order valence-corrected chi connectivity index (χ1v) is 15.4. The van der Waals surface area contributed by atoms with Crippen LogP contribution in [-0.2, 0) is 57.9 Å². The number of benzene rings is 3. The van der Waals surface area contributed by atoms with Crippen LogP contribution in [0.2, 0.25) is 0 Å². The van der Waals surface area contributed by atoms with Crippen LogP contribution < -0.4 is 10.6 Å². The zero-order valence-electron chi connectivity index (χ0n) is 26.9. The van der Waals surface area contributed by atoms with E-state index in [1.807, 2.05) is 66.7 Å². The van der Waals surface area contributed by atoms with Crippen molar-refractivity contribution in [1.82, 2.24) is 10.6 Å². The smallest absolute Gasteiger partial charge is 0.408 e. The average molecular weight is 647 g/mol. The normalized spacial score (nSPS) is 12.1. The van der Waals surface area contributed by atoms with E-state index >= 15 is 0 Å². The Morgan fingerprint density at radius 2 is 0.979 bits per heavy atom. The van der Waals surface area contributed by atoms with Crippen LogP contribution in [0.3, 0.4) is 0 Å². The lowest BCUT2D eigenvalue weighted by Gasteiger charge is -2.25. The van der Waals surface area contributed by atoms with Gasteiger partial charge < -0.3 is 29.6 Å². The molecule has 0 radical (unpaired) electrons. The van der Waals surface area contributed by atoms with E-state index in [1.165, 1.54) is 0 Å². The van der Waals surface area contributed by atoms with Gasteiger partial charge in [-0.15, -0.1) is 0 Å². The van der Waals surface area contributed by atoms with Crippen LogP contribution in [-0.4, -0.2) is 47.6 Å². The van der Waals surface area contributed by atoms with E-state index in [0.29, 0.717) is 0 Å². The summed E-state index contributed by atoms with van der Waals surface area (Å²) in [6, 6.07) is 24.6. The van der Waals surface area contributed by atoms with E-state index < -0.39 is 47.6 Å². The third kappa shape index (κ3) is 14.6. The Labute approximate surface area is 274 Å². The largest absolute Gasteiger partial charge is 0.461 e. The van der Waals surface area contributed by atoms with Gasteiger partial charge in [-0.05, 0) is 50.3 Å². The number of amides is 2. The summed E-state index contributed by atoms with van der Waals surface area (Å²) in [5, 5.41) is 5.07. The molecular weight excluding hydrogens is 604 g/mol. The number of alkyl carbamates (subject to hydrolysis) is 1. The van der Waals surface area contributed by atoms with Crippen LogP contribution >= 0.6 is 0 Å². The molecule has 0 heterocycles. The van der Waals surface area contributed by atoms with Gasteiger partial charge >= 0.3 is 24.0 Å². The summed E-state index contributed by atoms with van der Waals surface area (Å²) in [4.78, 5) is 64.4. The molecule has 0 aromatic heterocycles. The molecule has 0 saturated carbocycles. The fourth-order valence-electron chi connectivity index (χ4n) is 4.21. The molecule has 3 aromatic rings. The molecule has 0 fully saturated rings. The van der Waals surface area contributed by atoms with E-state index in [1.54, 1.807) is 45.0 Å². The summed E-state index contributed by atoms with van der Waals surface area (Å²) in [6.45, 7) is 5.04. The van der Waals surface area contributed by atoms with Gasteiger partial charge in [0, 0.05) is 12.8 Å². The van der Waals surface area contributed by atoms with Crippen molar-refractivity contribution >= 4 is 29.9 Å². The van der Waals surface area contributed by atoms with Crippen molar-refractivity contribution in [3.8, 4) is 0 Å². The summed E-state index contributed by atoms with van der Waals surface area (Å²) in [5.74, 6) is -2.71. The van der Waals surface area contributed by atoms with E-state index in [4.69, 9.17) is 18.9 Å². The van der Waals surface area contributed by atoms with E-state index in [-0.39, 0.29) is 45.5 Å². The second-order valence-electron chi connectivity index (χ2n) is 11.7. The third-order valence-corrected chi connectivity index (χ3v) is 6.59. The first kappa shape index (κ1) is 36.3. The van der Waals surface area contributed by atoms with E-state index in [2.05, 4.69) is 10.6 Å². The molecule has 3 rings (SSSR count). The highest BCUT2D eigenvalue weighted by Crippen LogP contribution is 2.12. The molecule has 0 aliphatic rings. The van der Waals surface area contributed by atoms with Gasteiger partial charge in [-0.3, -0.25) is 14.4 Å². The van der Waals surface area contributed by atoms with Crippen LogP contribution in [0.1, 0.15) is 63.1 Å². The van der Waals surface area contributed by atoms with Crippen LogP contribution in [0, 0.1) is 0 Å². The molecule has 0 bridgehead atoms. The molecule has 0 aliphatic carbocycles. The number of ether oxygens (including phenoxy) is 4. The minimum absolute atomic E-state index is 0.0474. The highest BCUT2D eigenvalue weighted by molar-refractivity contribution is 5.90. The number of hydrogen-bond acceptors (Lipinski definition) is 9. The van der Waals surface area contributed by atoms with Gasteiger partial charge in [0.25, 0.3) is 0 Å². The number of carbonyl (C=O) groups excluding carboxylic acids is 5. The molecule has 2 atom stereocenters. The number of rotatable bonds is 16. The summed E-state index contributed by atoms with van der Waals surface area (Å²) in [7, 11) is 0. The van der Waals surface area contributed by atoms with Crippen LogP contribution in [0.5, 0.6) is 0 Å². The zero-order chi connectivity index (χ0) is 34.1. The monoisotopic (exact) mass is 646 g/mol. The number of hydrogen-bond donors (Lipinski definition) is 2. The lowest BCUT2D eigenvalue weighted by atomic mass is 10.1. The highest BCUT2D eigenvalue weighted by Gasteiger charge is 2.30. The molecule has 0 saturated heterocycles. The molecule has 3 aromatic carbocycles. The maximum absolute atomic E-state index is 13.5. The average Bonchev–Trinajstić information content (AvgIpc) is 3.06. The topological polar surface area (TPSA) is 146 Å². The lowest BCUT2D eigenvalue weighted by Crippen LogP contribution is -2.52. The summed E-state index contributed by atoms with van der Waals surface area (Å²) in [5.41, 5.74) is 1.46. The fourth-order valence-corrected chi connectivity index (χ4v) is 4.21. The predicted molar refractivity (Wildman–Crippen MR) is 172 cm³/mol. The van der Waals surface area contributed by atoms with Crippen molar-refractivity contribution in [3.63, 3.8) is 0 Å². The van der Waals surface area contributed by atoms with E-state index in [0.717, 1.165) is 16.7 Å². The van der Waals surface area contributed by atoms with Gasteiger partial charge in [0.15, 0.2) is 0 Å². The first-order valence-electron chi connectivity index (χ1n) is 15.4. The van der Waals surface area contributed by atoms with Crippen molar-refractivity contribution in [1.29, 1.82) is 0 Å². The van der Waals surface area contributed by atoms with Gasteiger partial charge in [0.05, 0.1) is 0 Å². The number of carbonyl (C=O) groups is 5. The SMILES string of the molecule is CC(C)(C)OC(=O)NC(CCC(=O)OCc1ccccc1)C(=O)NC(CCC(=O)OCc1ccccc1)C(=O)OCc1ccccc1. The molecule has 0 aliphatic heterocycles. The standard InChI is InChI=1S/C36H42N2O9/c1-36(2,3)47-35(43)38-29(19-21-31(39)44-23-26-13-7-4-8-14-26)33(41)37-30(34(42)46-25-28-17-11-6-12-18-28)20-22-32(40)45-24-27-15-9-5-10-16-27/h4-18,29-30H,19-25H2,1-3H3,(H,37,41)(H,38,43). The summed E-state index contributed by atoms with van der Waals surface area (Å²) in [6.07, 6.45) is -1.58. The van der Waals surface area contributed by atoms with Gasteiger partial charge in [-0.1, -0.05) is 91.0 Å². The molecule has 2 N–H and O–H groups in total. The summed E-state index contributed by atoms with van der Waals surface area (Å²) >= 11 is 0. The molecule has 11 heteroatoms.